The number of hydrogen-bond donors (Lipinski definition) is 2. The van der Waals surface area contributed by atoms with E-state index in [0.29, 0.717) is 31.2 Å². The Morgan fingerprint density at radius 1 is 1.02 bits per heavy atom. The number of hydrogen-bond acceptors (Lipinski definition) is 5. The van der Waals surface area contributed by atoms with Crippen molar-refractivity contribution in [3.8, 4) is 0 Å². The second kappa shape index (κ2) is 13.8. The number of ether oxygens (including phenoxy) is 1. The SMILES string of the molecule is COCCN1C(=O)c2ccccc2C(C(=O)NCC2CCN(Cc3cccc(C)c3)CC2)C1/C(=C/N)c1ccccc1. The van der Waals surface area contributed by atoms with E-state index in [9.17, 15) is 9.59 Å². The molecule has 2 heterocycles. The summed E-state index contributed by atoms with van der Waals surface area (Å²) in [6.45, 7) is 6.43. The van der Waals surface area contributed by atoms with E-state index in [1.807, 2.05) is 54.6 Å². The van der Waals surface area contributed by atoms with Crippen LogP contribution in [0.25, 0.3) is 5.57 Å². The zero-order valence-corrected chi connectivity index (χ0v) is 24.7. The minimum atomic E-state index is -0.604. The lowest BCUT2D eigenvalue weighted by atomic mass is 9.77. The summed E-state index contributed by atoms with van der Waals surface area (Å²) in [7, 11) is 1.62. The van der Waals surface area contributed by atoms with Crippen molar-refractivity contribution in [1.29, 1.82) is 0 Å². The maximum atomic E-state index is 14.2. The molecule has 7 heteroatoms. The van der Waals surface area contributed by atoms with Gasteiger partial charge in [-0.3, -0.25) is 14.5 Å². The third-order valence-corrected chi connectivity index (χ3v) is 8.62. The molecule has 0 aromatic heterocycles. The lowest BCUT2D eigenvalue weighted by molar-refractivity contribution is -0.123. The van der Waals surface area contributed by atoms with Crippen LogP contribution in [0.15, 0.2) is 85.1 Å². The van der Waals surface area contributed by atoms with Crippen LogP contribution in [0.1, 0.15) is 51.4 Å². The molecule has 42 heavy (non-hydrogen) atoms. The van der Waals surface area contributed by atoms with E-state index in [1.54, 1.807) is 18.2 Å². The predicted molar refractivity (Wildman–Crippen MR) is 167 cm³/mol. The number of nitrogens with zero attached hydrogens (tertiary/aromatic N) is 2. The lowest BCUT2D eigenvalue weighted by Gasteiger charge is -2.43. The van der Waals surface area contributed by atoms with E-state index in [1.165, 1.54) is 11.1 Å². The molecule has 3 aromatic rings. The topological polar surface area (TPSA) is 87.9 Å². The monoisotopic (exact) mass is 566 g/mol. The summed E-state index contributed by atoms with van der Waals surface area (Å²) in [5.41, 5.74) is 11.8. The first-order valence-electron chi connectivity index (χ1n) is 14.9. The number of likely N-dealkylation sites (tertiary alicyclic amines) is 1. The molecule has 3 aromatic carbocycles. The van der Waals surface area contributed by atoms with Crippen molar-refractivity contribution in [3.05, 3.63) is 113 Å². The van der Waals surface area contributed by atoms with Gasteiger partial charge in [-0.1, -0.05) is 78.4 Å². The first-order valence-corrected chi connectivity index (χ1v) is 14.9. The number of carbonyl (C=O) groups excluding carboxylic acids is 2. The molecular formula is C35H42N4O3. The Hall–Kier alpha value is -3.94. The summed E-state index contributed by atoms with van der Waals surface area (Å²) in [6.07, 6.45) is 3.62. The zero-order chi connectivity index (χ0) is 29.5. The number of methoxy groups -OCH3 is 1. The Morgan fingerprint density at radius 2 is 1.76 bits per heavy atom. The normalized spacial score (nSPS) is 19.9. The van der Waals surface area contributed by atoms with Gasteiger partial charge in [0.05, 0.1) is 18.6 Å². The van der Waals surface area contributed by atoms with Crippen LogP contribution in [0, 0.1) is 12.8 Å². The molecule has 3 N–H and O–H groups in total. The van der Waals surface area contributed by atoms with Crippen molar-refractivity contribution in [2.45, 2.75) is 38.3 Å². The quantitative estimate of drug-likeness (QED) is 0.375. The van der Waals surface area contributed by atoms with Gasteiger partial charge in [0, 0.05) is 32.3 Å². The number of amides is 2. The van der Waals surface area contributed by atoms with E-state index < -0.39 is 12.0 Å². The molecule has 7 nitrogen and oxygen atoms in total. The van der Waals surface area contributed by atoms with Gasteiger partial charge in [0.2, 0.25) is 5.91 Å². The summed E-state index contributed by atoms with van der Waals surface area (Å²) in [5, 5.41) is 3.29. The van der Waals surface area contributed by atoms with E-state index >= 15 is 0 Å². The fourth-order valence-corrected chi connectivity index (χ4v) is 6.42. The van der Waals surface area contributed by atoms with E-state index in [2.05, 4.69) is 41.4 Å². The molecule has 0 saturated carbocycles. The third-order valence-electron chi connectivity index (χ3n) is 8.62. The van der Waals surface area contributed by atoms with Crippen LogP contribution >= 0.6 is 0 Å². The molecule has 2 amide bonds. The molecule has 1 saturated heterocycles. The van der Waals surface area contributed by atoms with Gasteiger partial charge < -0.3 is 20.7 Å². The average Bonchev–Trinajstić information content (AvgIpc) is 3.01. The summed E-state index contributed by atoms with van der Waals surface area (Å²) in [6, 6.07) is 25.4. The molecule has 0 bridgehead atoms. The Bertz CT molecular complexity index is 1400. The molecule has 2 aliphatic rings. The summed E-state index contributed by atoms with van der Waals surface area (Å²) in [4.78, 5) is 32.2. The molecule has 2 atom stereocenters. The van der Waals surface area contributed by atoms with Crippen molar-refractivity contribution in [2.24, 2.45) is 11.7 Å². The highest BCUT2D eigenvalue weighted by Crippen LogP contribution is 2.40. The fraction of sp³-hybridized carbons (Fsp3) is 0.371. The minimum Gasteiger partial charge on any atom is -0.404 e. The number of rotatable bonds is 10. The van der Waals surface area contributed by atoms with E-state index in [4.69, 9.17) is 10.5 Å². The molecule has 2 unspecified atom stereocenters. The van der Waals surface area contributed by atoms with Crippen molar-refractivity contribution in [3.63, 3.8) is 0 Å². The number of carbonyl (C=O) groups is 2. The lowest BCUT2D eigenvalue weighted by Crippen LogP contribution is -2.54. The van der Waals surface area contributed by atoms with Crippen molar-refractivity contribution < 1.29 is 14.3 Å². The summed E-state index contributed by atoms with van der Waals surface area (Å²) in [5.74, 6) is -0.398. The van der Waals surface area contributed by atoms with E-state index in [-0.39, 0.29) is 11.8 Å². The molecule has 0 aliphatic carbocycles. The fourth-order valence-electron chi connectivity index (χ4n) is 6.42. The van der Waals surface area contributed by atoms with Gasteiger partial charge in [-0.25, -0.2) is 0 Å². The Balaban J connectivity index is 1.34. The Labute approximate surface area is 249 Å². The number of fused-ring (bicyclic) bond motifs is 1. The van der Waals surface area contributed by atoms with Crippen LogP contribution < -0.4 is 11.1 Å². The standard InChI is InChI=1S/C35H42N4O3/c1-25-9-8-10-27(21-25)24-38-17-15-26(16-18-38)23-37-34(40)32-29-13-6-7-14-30(29)35(41)39(19-20-42-2)33(32)31(22-36)28-11-4-3-5-12-28/h3-14,21-22,26,32-33H,15-20,23-24,36H2,1-2H3,(H,37,40)/b31-22+. The first kappa shape index (κ1) is 29.5. The van der Waals surface area contributed by atoms with Crippen LogP contribution in [-0.4, -0.2) is 67.6 Å². The number of benzene rings is 3. The Kier molecular flexibility index (Phi) is 9.72. The highest BCUT2D eigenvalue weighted by atomic mass is 16.5. The molecule has 1 fully saturated rings. The van der Waals surface area contributed by atoms with E-state index in [0.717, 1.165) is 49.2 Å². The second-order valence-electron chi connectivity index (χ2n) is 11.4. The van der Waals surface area contributed by atoms with Crippen LogP contribution in [0.5, 0.6) is 0 Å². The molecule has 0 spiro atoms. The van der Waals surface area contributed by atoms with Crippen LogP contribution in [0.4, 0.5) is 0 Å². The predicted octanol–water partition coefficient (Wildman–Crippen LogP) is 4.58. The highest BCUT2D eigenvalue weighted by molar-refractivity contribution is 6.03. The van der Waals surface area contributed by atoms with Crippen molar-refractivity contribution in [2.75, 3.05) is 39.9 Å². The average molecular weight is 567 g/mol. The van der Waals surface area contributed by atoms with Crippen molar-refractivity contribution >= 4 is 17.4 Å². The van der Waals surface area contributed by atoms with Gasteiger partial charge in [0.25, 0.3) is 5.91 Å². The zero-order valence-electron chi connectivity index (χ0n) is 24.7. The molecule has 5 rings (SSSR count). The van der Waals surface area contributed by atoms with Crippen LogP contribution in [-0.2, 0) is 16.1 Å². The number of nitrogens with one attached hydrogen (secondary N) is 1. The molecule has 220 valence electrons. The third kappa shape index (κ3) is 6.58. The van der Waals surface area contributed by atoms with Gasteiger partial charge in [0.1, 0.15) is 0 Å². The largest absolute Gasteiger partial charge is 0.404 e. The number of aryl methyl sites for hydroxylation is 1. The van der Waals surface area contributed by atoms with Crippen LogP contribution in [0.3, 0.4) is 0 Å². The van der Waals surface area contributed by atoms with Crippen LogP contribution in [0.2, 0.25) is 0 Å². The number of nitrogens with two attached hydrogens (primary N) is 1. The summed E-state index contributed by atoms with van der Waals surface area (Å²) >= 11 is 0. The number of piperidine rings is 1. The maximum Gasteiger partial charge on any atom is 0.254 e. The molecular weight excluding hydrogens is 524 g/mol. The minimum absolute atomic E-state index is 0.0835. The Morgan fingerprint density at radius 3 is 2.48 bits per heavy atom. The molecule has 0 radical (unpaired) electrons. The molecule has 2 aliphatic heterocycles. The van der Waals surface area contributed by atoms with Gasteiger partial charge in [0.15, 0.2) is 0 Å². The first-order chi connectivity index (χ1) is 20.5. The van der Waals surface area contributed by atoms with Gasteiger partial charge >= 0.3 is 0 Å². The second-order valence-corrected chi connectivity index (χ2v) is 11.4. The maximum absolute atomic E-state index is 14.2. The van der Waals surface area contributed by atoms with Gasteiger partial charge in [-0.15, -0.1) is 0 Å². The summed E-state index contributed by atoms with van der Waals surface area (Å²) < 4.78 is 5.37. The van der Waals surface area contributed by atoms with Gasteiger partial charge in [-0.05, 0) is 73.3 Å². The smallest absolute Gasteiger partial charge is 0.254 e. The van der Waals surface area contributed by atoms with Crippen molar-refractivity contribution in [1.82, 2.24) is 15.1 Å². The van der Waals surface area contributed by atoms with Gasteiger partial charge in [-0.2, -0.15) is 0 Å². The highest BCUT2D eigenvalue weighted by Gasteiger charge is 2.45.